The smallest absolute Gasteiger partial charge is 0.0696 e. The molecular weight excluding hydrogens is 248 g/mol. The number of aliphatic hydroxyl groups excluding tert-OH is 1. The van der Waals surface area contributed by atoms with E-state index >= 15 is 0 Å². The molecule has 0 aromatic carbocycles. The number of rotatable bonds is 3. The van der Waals surface area contributed by atoms with Crippen molar-refractivity contribution in [3.05, 3.63) is 29.1 Å². The van der Waals surface area contributed by atoms with E-state index in [1.165, 1.54) is 16.8 Å². The second-order valence-electron chi connectivity index (χ2n) is 6.20. The Balaban J connectivity index is 2.08. The Morgan fingerprint density at radius 3 is 3.10 bits per heavy atom. The van der Waals surface area contributed by atoms with Crippen LogP contribution in [0.25, 0.3) is 11.8 Å². The summed E-state index contributed by atoms with van der Waals surface area (Å²) in [4.78, 5) is 0. The zero-order valence-electron chi connectivity index (χ0n) is 12.7. The summed E-state index contributed by atoms with van der Waals surface area (Å²) in [7, 11) is 0. The first-order valence-electron chi connectivity index (χ1n) is 7.71. The summed E-state index contributed by atoms with van der Waals surface area (Å²) in [5, 5.41) is 15.0. The molecule has 1 heterocycles. The van der Waals surface area contributed by atoms with Crippen LogP contribution in [0.1, 0.15) is 57.7 Å². The molecule has 3 heteroatoms. The summed E-state index contributed by atoms with van der Waals surface area (Å²) in [5.41, 5.74) is 5.08. The summed E-state index contributed by atoms with van der Waals surface area (Å²) in [6.07, 6.45) is 11.3. The number of hydrogen-bond donors (Lipinski definition) is 1. The molecule has 2 aliphatic rings. The van der Waals surface area contributed by atoms with E-state index in [0.717, 1.165) is 37.8 Å². The maximum absolute atomic E-state index is 10.5. The quantitative estimate of drug-likeness (QED) is 0.912. The molecule has 1 N–H and O–H groups in total. The number of hydrogen-bond acceptors (Lipinski definition) is 2. The van der Waals surface area contributed by atoms with E-state index in [1.807, 2.05) is 17.8 Å². The first kappa shape index (κ1) is 13.6. The molecule has 2 atom stereocenters. The molecule has 1 aromatic heterocycles. The average molecular weight is 272 g/mol. The van der Waals surface area contributed by atoms with Gasteiger partial charge in [-0.15, -0.1) is 0 Å². The highest BCUT2D eigenvalue weighted by Crippen LogP contribution is 2.52. The summed E-state index contributed by atoms with van der Waals surface area (Å²) in [6, 6.07) is 0. The van der Waals surface area contributed by atoms with Crippen molar-refractivity contribution in [2.24, 2.45) is 5.41 Å². The third-order valence-electron chi connectivity index (χ3n) is 5.12. The minimum Gasteiger partial charge on any atom is -0.392 e. The van der Waals surface area contributed by atoms with Gasteiger partial charge in [0, 0.05) is 11.1 Å². The Morgan fingerprint density at radius 2 is 2.40 bits per heavy atom. The van der Waals surface area contributed by atoms with Gasteiger partial charge in [0.2, 0.25) is 0 Å². The normalized spacial score (nSPS) is 29.1. The van der Waals surface area contributed by atoms with Crippen molar-refractivity contribution < 1.29 is 5.11 Å². The third kappa shape index (κ3) is 1.80. The molecule has 3 rings (SSSR count). The number of nitrogens with zero attached hydrogens (tertiary/aromatic N) is 2. The molecular formula is C17H24N2O. The van der Waals surface area contributed by atoms with Gasteiger partial charge in [-0.05, 0) is 51.2 Å². The van der Waals surface area contributed by atoms with E-state index in [-0.39, 0.29) is 11.5 Å². The molecule has 1 aromatic rings. The molecule has 1 fully saturated rings. The fourth-order valence-corrected chi connectivity index (χ4v) is 3.93. The zero-order chi connectivity index (χ0) is 14.3. The molecule has 2 unspecified atom stereocenters. The predicted molar refractivity (Wildman–Crippen MR) is 82.1 cm³/mol. The number of fused-ring (bicyclic) bond motifs is 2. The van der Waals surface area contributed by atoms with Crippen molar-refractivity contribution in [2.75, 3.05) is 0 Å². The Bertz CT molecular complexity index is 582. The van der Waals surface area contributed by atoms with Gasteiger partial charge >= 0.3 is 0 Å². The fourth-order valence-electron chi connectivity index (χ4n) is 3.93. The van der Waals surface area contributed by atoms with Crippen LogP contribution in [0, 0.1) is 5.41 Å². The van der Waals surface area contributed by atoms with Gasteiger partial charge in [-0.2, -0.15) is 5.10 Å². The van der Waals surface area contributed by atoms with Crippen LogP contribution in [0.2, 0.25) is 0 Å². The van der Waals surface area contributed by atoms with E-state index in [0.29, 0.717) is 0 Å². The second-order valence-corrected chi connectivity index (χ2v) is 6.20. The highest BCUT2D eigenvalue weighted by atomic mass is 16.3. The summed E-state index contributed by atoms with van der Waals surface area (Å²) < 4.78 is 2.03. The van der Waals surface area contributed by atoms with Crippen LogP contribution < -0.4 is 0 Å². The van der Waals surface area contributed by atoms with Crippen molar-refractivity contribution in [1.29, 1.82) is 0 Å². The Morgan fingerprint density at radius 1 is 1.60 bits per heavy atom. The van der Waals surface area contributed by atoms with Crippen LogP contribution in [0.15, 0.2) is 17.8 Å². The molecule has 0 spiro atoms. The minimum absolute atomic E-state index is 0.0144. The third-order valence-corrected chi connectivity index (χ3v) is 5.12. The Labute approximate surface area is 121 Å². The zero-order valence-corrected chi connectivity index (χ0v) is 12.7. The first-order valence-corrected chi connectivity index (χ1v) is 7.71. The fraction of sp³-hybridized carbons (Fsp3) is 0.588. The molecule has 0 saturated heterocycles. The number of allylic oxidation sites excluding steroid dienone is 2. The van der Waals surface area contributed by atoms with Crippen molar-refractivity contribution in [2.45, 2.75) is 59.0 Å². The van der Waals surface area contributed by atoms with Crippen LogP contribution in [0.4, 0.5) is 0 Å². The van der Waals surface area contributed by atoms with E-state index < -0.39 is 0 Å². The lowest BCUT2D eigenvalue weighted by Gasteiger charge is -2.37. The van der Waals surface area contributed by atoms with Gasteiger partial charge in [0.05, 0.1) is 18.0 Å². The highest BCUT2D eigenvalue weighted by Gasteiger charge is 2.47. The van der Waals surface area contributed by atoms with Gasteiger partial charge in [0.25, 0.3) is 0 Å². The molecule has 0 radical (unpaired) electrons. The monoisotopic (exact) mass is 272 g/mol. The van der Waals surface area contributed by atoms with Gasteiger partial charge in [-0.3, -0.25) is 0 Å². The Hall–Kier alpha value is -1.35. The van der Waals surface area contributed by atoms with Crippen LogP contribution in [0.3, 0.4) is 0 Å². The summed E-state index contributed by atoms with van der Waals surface area (Å²) >= 11 is 0. The SMILES string of the molecule is C/C=C(\C)n1ncc2c1C=C1CCC(O)C1(CCC)C2. The van der Waals surface area contributed by atoms with E-state index in [2.05, 4.69) is 31.1 Å². The highest BCUT2D eigenvalue weighted by molar-refractivity contribution is 5.63. The molecule has 0 aliphatic heterocycles. The maximum Gasteiger partial charge on any atom is 0.0696 e. The number of aromatic nitrogens is 2. The molecule has 108 valence electrons. The van der Waals surface area contributed by atoms with Gasteiger partial charge in [0.1, 0.15) is 0 Å². The molecule has 0 amide bonds. The van der Waals surface area contributed by atoms with Crippen LogP contribution in [0.5, 0.6) is 0 Å². The summed E-state index contributed by atoms with van der Waals surface area (Å²) in [5.74, 6) is 0. The molecule has 2 aliphatic carbocycles. The van der Waals surface area contributed by atoms with Gasteiger partial charge < -0.3 is 5.11 Å². The van der Waals surface area contributed by atoms with Crippen molar-refractivity contribution in [3.8, 4) is 0 Å². The topological polar surface area (TPSA) is 38.0 Å². The average Bonchev–Trinajstić information content (AvgIpc) is 2.98. The van der Waals surface area contributed by atoms with Gasteiger partial charge in [-0.1, -0.05) is 25.0 Å². The standard InChI is InChI=1S/C17H24N2O/c1-4-8-17-10-13-11-18-19(12(3)5-2)15(13)9-14(17)6-7-16(17)20/h5,9,11,16,20H,4,6-8,10H2,1-3H3/b12-5+. The number of aliphatic hydroxyl groups is 1. The molecule has 1 saturated carbocycles. The van der Waals surface area contributed by atoms with Crippen LogP contribution in [-0.2, 0) is 6.42 Å². The van der Waals surface area contributed by atoms with E-state index in [4.69, 9.17) is 0 Å². The minimum atomic E-state index is -0.187. The predicted octanol–water partition coefficient (Wildman–Crippen LogP) is 3.64. The molecule has 20 heavy (non-hydrogen) atoms. The van der Waals surface area contributed by atoms with Gasteiger partial charge in [-0.25, -0.2) is 4.68 Å². The lowest BCUT2D eigenvalue weighted by atomic mass is 9.69. The van der Waals surface area contributed by atoms with Crippen LogP contribution >= 0.6 is 0 Å². The van der Waals surface area contributed by atoms with Crippen molar-refractivity contribution >= 4 is 11.8 Å². The summed E-state index contributed by atoms with van der Waals surface area (Å²) in [6.45, 7) is 6.34. The first-order chi connectivity index (χ1) is 9.62. The maximum atomic E-state index is 10.5. The van der Waals surface area contributed by atoms with E-state index in [1.54, 1.807) is 0 Å². The Kier molecular flexibility index (Phi) is 3.33. The van der Waals surface area contributed by atoms with Crippen molar-refractivity contribution in [3.63, 3.8) is 0 Å². The van der Waals surface area contributed by atoms with E-state index in [9.17, 15) is 5.11 Å². The lowest BCUT2D eigenvalue weighted by molar-refractivity contribution is 0.0644. The van der Waals surface area contributed by atoms with Gasteiger partial charge in [0.15, 0.2) is 0 Å². The molecule has 0 bridgehead atoms. The van der Waals surface area contributed by atoms with Crippen LogP contribution in [-0.4, -0.2) is 21.0 Å². The second kappa shape index (κ2) is 4.88. The van der Waals surface area contributed by atoms with Crippen molar-refractivity contribution in [1.82, 2.24) is 9.78 Å². The molecule has 3 nitrogen and oxygen atoms in total. The lowest BCUT2D eigenvalue weighted by Crippen LogP contribution is -2.35. The largest absolute Gasteiger partial charge is 0.392 e.